The van der Waals surface area contributed by atoms with Gasteiger partial charge in [0.1, 0.15) is 10.4 Å². The lowest BCUT2D eigenvalue weighted by Gasteiger charge is -2.14. The van der Waals surface area contributed by atoms with Gasteiger partial charge in [-0.3, -0.25) is 0 Å². The highest BCUT2D eigenvalue weighted by atomic mass is 79.9. The van der Waals surface area contributed by atoms with Gasteiger partial charge in [-0.15, -0.1) is 0 Å². The van der Waals surface area contributed by atoms with Crippen molar-refractivity contribution in [2.45, 2.75) is 39.2 Å². The number of anilines is 1. The Balaban J connectivity index is 2.11. The van der Waals surface area contributed by atoms with Crippen LogP contribution in [0.2, 0.25) is 0 Å². The monoisotopic (exact) mass is 410 g/mol. The molecule has 0 radical (unpaired) electrons. The SMILES string of the molecule is COC(=O)NC(C)CNc1nccc(-c2[nH]c(C(C)(C)C)nc2Br)n1. The Morgan fingerprint density at radius 2 is 2.12 bits per heavy atom. The molecular weight excluding hydrogens is 388 g/mol. The number of nitrogens with zero attached hydrogens (tertiary/aromatic N) is 3. The number of halogens is 1. The number of carbonyl (C=O) groups excluding carboxylic acids is 1. The van der Waals surface area contributed by atoms with Gasteiger partial charge in [-0.25, -0.2) is 19.7 Å². The van der Waals surface area contributed by atoms with E-state index in [1.165, 1.54) is 7.11 Å². The van der Waals surface area contributed by atoms with Crippen LogP contribution < -0.4 is 10.6 Å². The van der Waals surface area contributed by atoms with Gasteiger partial charge in [0.05, 0.1) is 18.5 Å². The maximum Gasteiger partial charge on any atom is 0.407 e. The van der Waals surface area contributed by atoms with E-state index < -0.39 is 6.09 Å². The second kappa shape index (κ2) is 7.81. The van der Waals surface area contributed by atoms with Gasteiger partial charge in [0.2, 0.25) is 5.95 Å². The molecule has 0 aromatic carbocycles. The first kappa shape index (κ1) is 19.2. The second-order valence-corrected chi connectivity index (χ2v) is 7.44. The van der Waals surface area contributed by atoms with E-state index in [9.17, 15) is 4.79 Å². The van der Waals surface area contributed by atoms with Crippen LogP contribution in [-0.2, 0) is 10.2 Å². The number of aromatic nitrogens is 4. The zero-order chi connectivity index (χ0) is 18.6. The molecule has 8 nitrogen and oxygen atoms in total. The molecule has 1 unspecified atom stereocenters. The zero-order valence-corrected chi connectivity index (χ0v) is 16.6. The van der Waals surface area contributed by atoms with Gasteiger partial charge in [-0.1, -0.05) is 20.8 Å². The Morgan fingerprint density at radius 1 is 1.40 bits per heavy atom. The Bertz CT molecular complexity index is 740. The van der Waals surface area contributed by atoms with Crippen molar-refractivity contribution in [3.63, 3.8) is 0 Å². The van der Waals surface area contributed by atoms with Gasteiger partial charge >= 0.3 is 6.09 Å². The van der Waals surface area contributed by atoms with Crippen molar-refractivity contribution in [3.8, 4) is 11.4 Å². The Kier molecular flexibility index (Phi) is 5.99. The molecule has 136 valence electrons. The predicted octanol–water partition coefficient (Wildman–Crippen LogP) is 3.08. The van der Waals surface area contributed by atoms with Crippen LogP contribution in [0.4, 0.5) is 10.7 Å². The summed E-state index contributed by atoms with van der Waals surface area (Å²) in [6.07, 6.45) is 1.20. The molecule has 2 aromatic heterocycles. The van der Waals surface area contributed by atoms with Crippen molar-refractivity contribution in [2.24, 2.45) is 0 Å². The molecule has 1 atom stereocenters. The van der Waals surface area contributed by atoms with Crippen molar-refractivity contribution in [1.29, 1.82) is 0 Å². The minimum absolute atomic E-state index is 0.0934. The van der Waals surface area contributed by atoms with Gasteiger partial charge in [0.15, 0.2) is 0 Å². The molecule has 1 amide bonds. The zero-order valence-electron chi connectivity index (χ0n) is 15.0. The summed E-state index contributed by atoms with van der Waals surface area (Å²) in [5.74, 6) is 1.34. The smallest absolute Gasteiger partial charge is 0.407 e. The average molecular weight is 411 g/mol. The molecule has 0 aliphatic rings. The Morgan fingerprint density at radius 3 is 2.72 bits per heavy atom. The van der Waals surface area contributed by atoms with E-state index in [4.69, 9.17) is 0 Å². The summed E-state index contributed by atoms with van der Waals surface area (Å²) >= 11 is 3.48. The lowest BCUT2D eigenvalue weighted by molar-refractivity contribution is 0.168. The predicted molar refractivity (Wildman–Crippen MR) is 99.5 cm³/mol. The highest BCUT2D eigenvalue weighted by Gasteiger charge is 2.21. The molecule has 0 bridgehead atoms. The third-order valence-electron chi connectivity index (χ3n) is 3.40. The first-order valence-corrected chi connectivity index (χ1v) is 8.67. The third-order valence-corrected chi connectivity index (χ3v) is 3.97. The third kappa shape index (κ3) is 5.15. The minimum atomic E-state index is -0.472. The molecule has 2 aromatic rings. The van der Waals surface area contributed by atoms with Gasteiger partial charge < -0.3 is 20.4 Å². The topological polar surface area (TPSA) is 105 Å². The minimum Gasteiger partial charge on any atom is -0.453 e. The number of rotatable bonds is 5. The number of carbonyl (C=O) groups is 1. The van der Waals surface area contributed by atoms with Gasteiger partial charge in [0.25, 0.3) is 0 Å². The average Bonchev–Trinajstić information content (AvgIpc) is 2.95. The summed E-state index contributed by atoms with van der Waals surface area (Å²) in [5, 5.41) is 5.77. The fourth-order valence-electron chi connectivity index (χ4n) is 2.02. The van der Waals surface area contributed by atoms with Crippen molar-refractivity contribution in [3.05, 3.63) is 22.7 Å². The van der Waals surface area contributed by atoms with E-state index in [0.717, 1.165) is 17.2 Å². The van der Waals surface area contributed by atoms with Gasteiger partial charge in [0, 0.05) is 24.2 Å². The number of imidazole rings is 1. The highest BCUT2D eigenvalue weighted by molar-refractivity contribution is 9.10. The molecule has 0 fully saturated rings. The first-order chi connectivity index (χ1) is 11.7. The molecule has 25 heavy (non-hydrogen) atoms. The fraction of sp³-hybridized carbons (Fsp3) is 0.500. The number of amides is 1. The fourth-order valence-corrected chi connectivity index (χ4v) is 2.50. The van der Waals surface area contributed by atoms with Crippen LogP contribution in [0.5, 0.6) is 0 Å². The molecule has 3 N–H and O–H groups in total. The summed E-state index contributed by atoms with van der Waals surface area (Å²) in [6.45, 7) is 8.59. The largest absolute Gasteiger partial charge is 0.453 e. The number of nitrogens with one attached hydrogen (secondary N) is 3. The first-order valence-electron chi connectivity index (χ1n) is 7.88. The Labute approximate surface area is 155 Å². The molecular formula is C16H23BrN6O2. The number of H-pyrrole nitrogens is 1. The lowest BCUT2D eigenvalue weighted by atomic mass is 9.96. The van der Waals surface area contributed by atoms with Crippen LogP contribution in [0.25, 0.3) is 11.4 Å². The maximum absolute atomic E-state index is 11.2. The van der Waals surface area contributed by atoms with E-state index in [2.05, 4.69) is 72.0 Å². The number of aromatic amines is 1. The van der Waals surface area contributed by atoms with Crippen LogP contribution >= 0.6 is 15.9 Å². The molecule has 2 rings (SSSR count). The van der Waals surface area contributed by atoms with Gasteiger partial charge in [-0.2, -0.15) is 0 Å². The summed E-state index contributed by atoms with van der Waals surface area (Å²) in [7, 11) is 1.33. The summed E-state index contributed by atoms with van der Waals surface area (Å²) in [5.41, 5.74) is 1.43. The van der Waals surface area contributed by atoms with Crippen LogP contribution in [0, 0.1) is 0 Å². The van der Waals surface area contributed by atoms with E-state index in [0.29, 0.717) is 17.1 Å². The number of alkyl carbamates (subject to hydrolysis) is 1. The van der Waals surface area contributed by atoms with Crippen LogP contribution in [0.1, 0.15) is 33.5 Å². The van der Waals surface area contributed by atoms with E-state index in [1.807, 2.05) is 13.0 Å². The maximum atomic E-state index is 11.2. The molecule has 0 aliphatic heterocycles. The molecule has 2 heterocycles. The second-order valence-electron chi connectivity index (χ2n) is 6.68. The van der Waals surface area contributed by atoms with Crippen molar-refractivity contribution >= 4 is 28.0 Å². The number of ether oxygens (including phenoxy) is 1. The number of hydrogen-bond acceptors (Lipinski definition) is 6. The molecule has 0 aliphatic carbocycles. The van der Waals surface area contributed by atoms with Crippen LogP contribution in [0.15, 0.2) is 16.9 Å². The summed E-state index contributed by atoms with van der Waals surface area (Å²) < 4.78 is 5.28. The Hall–Kier alpha value is -2.16. The van der Waals surface area contributed by atoms with Crippen LogP contribution in [0.3, 0.4) is 0 Å². The molecule has 0 saturated carbocycles. The van der Waals surface area contributed by atoms with Gasteiger partial charge in [-0.05, 0) is 28.9 Å². The van der Waals surface area contributed by atoms with E-state index in [1.54, 1.807) is 6.20 Å². The summed E-state index contributed by atoms with van der Waals surface area (Å²) in [4.78, 5) is 27.7. The highest BCUT2D eigenvalue weighted by Crippen LogP contribution is 2.29. The number of hydrogen-bond donors (Lipinski definition) is 3. The molecule has 0 saturated heterocycles. The van der Waals surface area contributed by atoms with Crippen molar-refractivity contribution in [1.82, 2.24) is 25.3 Å². The quantitative estimate of drug-likeness (QED) is 0.699. The van der Waals surface area contributed by atoms with Crippen LogP contribution in [-0.4, -0.2) is 45.7 Å². The van der Waals surface area contributed by atoms with E-state index >= 15 is 0 Å². The van der Waals surface area contributed by atoms with E-state index in [-0.39, 0.29) is 11.5 Å². The lowest BCUT2D eigenvalue weighted by Crippen LogP contribution is -2.37. The molecule has 0 spiro atoms. The standard InChI is InChI=1S/C16H23BrN6O2/c1-9(20-15(24)25-5)8-19-14-18-7-6-10(21-14)11-12(17)23-13(22-11)16(2,3)4/h6-7,9H,8H2,1-5H3,(H,20,24)(H,22,23)(H,18,19,21). The normalized spacial score (nSPS) is 12.6. The van der Waals surface area contributed by atoms with Crippen molar-refractivity contribution in [2.75, 3.05) is 19.0 Å². The summed E-state index contributed by atoms with van der Waals surface area (Å²) in [6, 6.07) is 1.68. The molecule has 9 heteroatoms. The number of methoxy groups -OCH3 is 1. The van der Waals surface area contributed by atoms with Crippen molar-refractivity contribution < 1.29 is 9.53 Å².